The van der Waals surface area contributed by atoms with Crippen molar-refractivity contribution in [2.24, 2.45) is 5.73 Å². The van der Waals surface area contributed by atoms with Crippen molar-refractivity contribution >= 4 is 0 Å². The number of aryl methyl sites for hydroxylation is 1. The fourth-order valence-corrected chi connectivity index (χ4v) is 2.11. The predicted octanol–water partition coefficient (Wildman–Crippen LogP) is 1.79. The molecule has 94 valence electrons. The first-order valence-electron chi connectivity index (χ1n) is 6.21. The van der Waals surface area contributed by atoms with Crippen LogP contribution in [0, 0.1) is 0 Å². The first kappa shape index (κ1) is 12.6. The molecule has 3 N–H and O–H groups in total. The van der Waals surface area contributed by atoms with Gasteiger partial charge in [0.25, 0.3) is 0 Å². The number of hydrogen-bond acceptors (Lipinski definition) is 3. The van der Waals surface area contributed by atoms with E-state index in [2.05, 4.69) is 12.1 Å². The van der Waals surface area contributed by atoms with Gasteiger partial charge in [0.05, 0.1) is 11.7 Å². The highest BCUT2D eigenvalue weighted by Gasteiger charge is 2.42. The maximum Gasteiger partial charge on any atom is 0.0912 e. The molecule has 0 radical (unpaired) electrons. The van der Waals surface area contributed by atoms with Crippen LogP contribution in [0.4, 0.5) is 0 Å². The van der Waals surface area contributed by atoms with E-state index >= 15 is 0 Å². The van der Waals surface area contributed by atoms with Crippen LogP contribution in [0.5, 0.6) is 0 Å². The third-order valence-corrected chi connectivity index (χ3v) is 3.70. The molecule has 1 fully saturated rings. The van der Waals surface area contributed by atoms with E-state index in [0.717, 1.165) is 18.4 Å². The number of benzene rings is 1. The second-order valence-electron chi connectivity index (χ2n) is 4.88. The van der Waals surface area contributed by atoms with Crippen molar-refractivity contribution in [2.75, 3.05) is 13.7 Å². The average Bonchev–Trinajstić information content (AvgIpc) is 3.17. The molecule has 0 heterocycles. The van der Waals surface area contributed by atoms with Gasteiger partial charge in [-0.3, -0.25) is 0 Å². The Morgan fingerprint density at radius 2 is 2.00 bits per heavy atom. The summed E-state index contributed by atoms with van der Waals surface area (Å²) in [7, 11) is 1.80. The number of ether oxygens (including phenoxy) is 1. The second kappa shape index (κ2) is 5.17. The molecule has 0 amide bonds. The summed E-state index contributed by atoms with van der Waals surface area (Å²) in [5.41, 5.74) is 7.77. The molecule has 0 aromatic heterocycles. The van der Waals surface area contributed by atoms with Gasteiger partial charge >= 0.3 is 0 Å². The van der Waals surface area contributed by atoms with Gasteiger partial charge < -0.3 is 15.6 Å². The minimum absolute atomic E-state index is 0.162. The monoisotopic (exact) mass is 235 g/mol. The van der Waals surface area contributed by atoms with Gasteiger partial charge in [0.15, 0.2) is 0 Å². The van der Waals surface area contributed by atoms with E-state index in [4.69, 9.17) is 10.5 Å². The van der Waals surface area contributed by atoms with Crippen molar-refractivity contribution in [1.82, 2.24) is 0 Å². The van der Waals surface area contributed by atoms with Gasteiger partial charge in [-0.15, -0.1) is 0 Å². The normalized spacial score (nSPS) is 19.0. The minimum atomic E-state index is -0.544. The first-order chi connectivity index (χ1) is 8.19. The Labute approximate surface area is 103 Å². The molecular weight excluding hydrogens is 214 g/mol. The molecule has 0 aliphatic heterocycles. The van der Waals surface area contributed by atoms with Crippen molar-refractivity contribution in [3.05, 3.63) is 35.4 Å². The number of rotatable bonds is 6. The van der Waals surface area contributed by atoms with Gasteiger partial charge in [-0.1, -0.05) is 24.3 Å². The molecule has 3 heteroatoms. The maximum absolute atomic E-state index is 9.58. The van der Waals surface area contributed by atoms with Gasteiger partial charge in [0.2, 0.25) is 0 Å². The highest BCUT2D eigenvalue weighted by Crippen LogP contribution is 2.42. The molecule has 3 nitrogen and oxygen atoms in total. The Hall–Kier alpha value is -0.900. The highest BCUT2D eigenvalue weighted by molar-refractivity contribution is 5.24. The van der Waals surface area contributed by atoms with Gasteiger partial charge in [0, 0.05) is 13.7 Å². The Morgan fingerprint density at radius 1 is 1.35 bits per heavy atom. The third kappa shape index (κ3) is 3.06. The van der Waals surface area contributed by atoms with E-state index in [9.17, 15) is 5.11 Å². The number of aliphatic hydroxyl groups is 1. The molecule has 1 aliphatic carbocycles. The predicted molar refractivity (Wildman–Crippen MR) is 67.8 cm³/mol. The first-order valence-corrected chi connectivity index (χ1v) is 6.21. The van der Waals surface area contributed by atoms with Crippen LogP contribution in [0.25, 0.3) is 0 Å². The molecule has 1 saturated carbocycles. The van der Waals surface area contributed by atoms with Crippen LogP contribution in [0.1, 0.15) is 36.5 Å². The van der Waals surface area contributed by atoms with Crippen LogP contribution >= 0.6 is 0 Å². The summed E-state index contributed by atoms with van der Waals surface area (Å²) in [6, 6.07) is 8.05. The number of nitrogens with two attached hydrogens (primary N) is 1. The molecule has 17 heavy (non-hydrogen) atoms. The average molecular weight is 235 g/mol. The Kier molecular flexibility index (Phi) is 3.82. The SMILES string of the molecule is COC1(CCc2ccc(C(O)CN)cc2)CC1. The summed E-state index contributed by atoms with van der Waals surface area (Å²) in [4.78, 5) is 0. The van der Waals surface area contributed by atoms with E-state index in [1.807, 2.05) is 12.1 Å². The van der Waals surface area contributed by atoms with E-state index in [1.165, 1.54) is 18.4 Å². The van der Waals surface area contributed by atoms with Crippen LogP contribution < -0.4 is 5.73 Å². The molecule has 0 saturated heterocycles. The molecule has 1 aliphatic rings. The summed E-state index contributed by atoms with van der Waals surface area (Å²) in [5, 5.41) is 9.58. The molecule has 1 aromatic carbocycles. The van der Waals surface area contributed by atoms with Crippen molar-refractivity contribution in [3.63, 3.8) is 0 Å². The number of hydrogen-bond donors (Lipinski definition) is 2. The lowest BCUT2D eigenvalue weighted by Gasteiger charge is -2.13. The molecular formula is C14H21NO2. The third-order valence-electron chi connectivity index (χ3n) is 3.70. The van der Waals surface area contributed by atoms with Crippen LogP contribution in [0.15, 0.2) is 24.3 Å². The maximum atomic E-state index is 9.58. The van der Waals surface area contributed by atoms with E-state index < -0.39 is 6.10 Å². The quantitative estimate of drug-likeness (QED) is 0.790. The van der Waals surface area contributed by atoms with Crippen LogP contribution in [-0.4, -0.2) is 24.4 Å². The summed E-state index contributed by atoms with van der Waals surface area (Å²) in [6.07, 6.45) is 3.95. The summed E-state index contributed by atoms with van der Waals surface area (Å²) >= 11 is 0. The molecule has 0 bridgehead atoms. The smallest absolute Gasteiger partial charge is 0.0912 e. The lowest BCUT2D eigenvalue weighted by atomic mass is 10.0. The molecule has 1 atom stereocenters. The van der Waals surface area contributed by atoms with Gasteiger partial charge in [-0.25, -0.2) is 0 Å². The van der Waals surface area contributed by atoms with Crippen molar-refractivity contribution in [2.45, 2.75) is 37.4 Å². The molecule has 0 spiro atoms. The van der Waals surface area contributed by atoms with Crippen molar-refractivity contribution in [1.29, 1.82) is 0 Å². The standard InChI is InChI=1S/C14H21NO2/c1-17-14(8-9-14)7-6-11-2-4-12(5-3-11)13(16)10-15/h2-5,13,16H,6-10,15H2,1H3. The van der Waals surface area contributed by atoms with Crippen LogP contribution in [0.2, 0.25) is 0 Å². The van der Waals surface area contributed by atoms with E-state index in [1.54, 1.807) is 7.11 Å². The zero-order valence-electron chi connectivity index (χ0n) is 10.4. The number of methoxy groups -OCH3 is 1. The van der Waals surface area contributed by atoms with Gasteiger partial charge in [0.1, 0.15) is 0 Å². The van der Waals surface area contributed by atoms with E-state index in [0.29, 0.717) is 0 Å². The fraction of sp³-hybridized carbons (Fsp3) is 0.571. The molecule has 2 rings (SSSR count). The largest absolute Gasteiger partial charge is 0.387 e. The number of aliphatic hydroxyl groups excluding tert-OH is 1. The Morgan fingerprint density at radius 3 is 2.47 bits per heavy atom. The summed E-state index contributed by atoms with van der Waals surface area (Å²) in [5.74, 6) is 0. The topological polar surface area (TPSA) is 55.5 Å². The van der Waals surface area contributed by atoms with Crippen LogP contribution in [-0.2, 0) is 11.2 Å². The van der Waals surface area contributed by atoms with Gasteiger partial charge in [-0.05, 0) is 36.8 Å². The zero-order valence-corrected chi connectivity index (χ0v) is 10.4. The van der Waals surface area contributed by atoms with Gasteiger partial charge in [-0.2, -0.15) is 0 Å². The minimum Gasteiger partial charge on any atom is -0.387 e. The van der Waals surface area contributed by atoms with Crippen molar-refractivity contribution in [3.8, 4) is 0 Å². The fourth-order valence-electron chi connectivity index (χ4n) is 2.11. The van der Waals surface area contributed by atoms with Crippen molar-refractivity contribution < 1.29 is 9.84 Å². The second-order valence-corrected chi connectivity index (χ2v) is 4.88. The summed E-state index contributed by atoms with van der Waals surface area (Å²) in [6.45, 7) is 0.270. The molecule has 1 unspecified atom stereocenters. The zero-order chi connectivity index (χ0) is 12.3. The Balaban J connectivity index is 1.90. The lowest BCUT2D eigenvalue weighted by molar-refractivity contribution is 0.0731. The van der Waals surface area contributed by atoms with E-state index in [-0.39, 0.29) is 12.1 Å². The summed E-state index contributed by atoms with van der Waals surface area (Å²) < 4.78 is 5.49. The highest BCUT2D eigenvalue weighted by atomic mass is 16.5. The van der Waals surface area contributed by atoms with Crippen LogP contribution in [0.3, 0.4) is 0 Å². The Bertz CT molecular complexity index is 357. The molecule has 1 aromatic rings. The lowest BCUT2D eigenvalue weighted by Crippen LogP contribution is -2.13.